The summed E-state index contributed by atoms with van der Waals surface area (Å²) in [7, 11) is 1.89. The summed E-state index contributed by atoms with van der Waals surface area (Å²) >= 11 is 0. The molecule has 2 aliphatic rings. The van der Waals surface area contributed by atoms with Gasteiger partial charge in [-0.2, -0.15) is 5.26 Å². The summed E-state index contributed by atoms with van der Waals surface area (Å²) in [6, 6.07) is 9.94. The van der Waals surface area contributed by atoms with Crippen LogP contribution in [0.1, 0.15) is 29.9 Å². The molecule has 1 unspecified atom stereocenters. The van der Waals surface area contributed by atoms with Crippen molar-refractivity contribution < 1.29 is 4.79 Å². The number of amides is 1. The maximum absolute atomic E-state index is 12.7. The number of carbonyl (C=O) groups is 1. The number of likely N-dealkylation sites (tertiary alicyclic amines) is 1. The van der Waals surface area contributed by atoms with Crippen molar-refractivity contribution in [3.63, 3.8) is 0 Å². The lowest BCUT2D eigenvalue weighted by molar-refractivity contribution is -0.136. The Morgan fingerprint density at radius 1 is 1.40 bits per heavy atom. The minimum atomic E-state index is -0.270. The third kappa shape index (κ3) is 1.90. The topological polar surface area (TPSA) is 56.1 Å². The molecular formula is C16H19N3O. The normalized spacial score (nSPS) is 24.9. The Hall–Kier alpha value is -1.86. The van der Waals surface area contributed by atoms with Gasteiger partial charge in [0.25, 0.3) is 0 Å². The molecule has 1 amide bonds. The maximum atomic E-state index is 12.7. The molecule has 2 fully saturated rings. The Kier molecular flexibility index (Phi) is 3.23. The van der Waals surface area contributed by atoms with Crippen molar-refractivity contribution >= 4 is 5.91 Å². The SMILES string of the molecule is CN1CC(c2cccc(C#N)c2)C2(CCNCC2)C1=O. The van der Waals surface area contributed by atoms with Gasteiger partial charge in [-0.25, -0.2) is 0 Å². The number of piperidine rings is 1. The third-order valence-corrected chi connectivity index (χ3v) is 4.81. The fourth-order valence-electron chi connectivity index (χ4n) is 3.75. The molecule has 1 aromatic rings. The summed E-state index contributed by atoms with van der Waals surface area (Å²) in [5, 5.41) is 12.4. The first-order valence-electron chi connectivity index (χ1n) is 7.14. The minimum Gasteiger partial charge on any atom is -0.345 e. The lowest BCUT2D eigenvalue weighted by atomic mass is 9.68. The molecular weight excluding hydrogens is 250 g/mol. The molecule has 3 rings (SSSR count). The Balaban J connectivity index is 2.02. The quantitative estimate of drug-likeness (QED) is 0.840. The highest BCUT2D eigenvalue weighted by molar-refractivity contribution is 5.86. The number of nitriles is 1. The van der Waals surface area contributed by atoms with Gasteiger partial charge < -0.3 is 10.2 Å². The van der Waals surface area contributed by atoms with Crippen LogP contribution in [0.2, 0.25) is 0 Å². The Labute approximate surface area is 119 Å². The second-order valence-corrected chi connectivity index (χ2v) is 5.88. The maximum Gasteiger partial charge on any atom is 0.229 e. The summed E-state index contributed by atoms with van der Waals surface area (Å²) in [6.07, 6.45) is 1.77. The molecule has 0 aliphatic carbocycles. The van der Waals surface area contributed by atoms with Crippen molar-refractivity contribution in [3.05, 3.63) is 35.4 Å². The third-order valence-electron chi connectivity index (χ3n) is 4.81. The molecule has 20 heavy (non-hydrogen) atoms. The summed E-state index contributed by atoms with van der Waals surface area (Å²) in [4.78, 5) is 14.5. The van der Waals surface area contributed by atoms with E-state index in [2.05, 4.69) is 17.5 Å². The summed E-state index contributed by atoms with van der Waals surface area (Å²) < 4.78 is 0. The van der Waals surface area contributed by atoms with Crippen molar-refractivity contribution in [2.45, 2.75) is 18.8 Å². The molecule has 0 aromatic heterocycles. The Morgan fingerprint density at radius 3 is 2.85 bits per heavy atom. The van der Waals surface area contributed by atoms with Crippen LogP contribution >= 0.6 is 0 Å². The molecule has 2 saturated heterocycles. The molecule has 0 saturated carbocycles. The van der Waals surface area contributed by atoms with Crippen LogP contribution in [0.4, 0.5) is 0 Å². The molecule has 104 valence electrons. The van der Waals surface area contributed by atoms with Gasteiger partial charge in [-0.15, -0.1) is 0 Å². The number of hydrogen-bond acceptors (Lipinski definition) is 3. The van der Waals surface area contributed by atoms with E-state index in [1.807, 2.05) is 30.1 Å². The zero-order chi connectivity index (χ0) is 14.2. The van der Waals surface area contributed by atoms with E-state index < -0.39 is 0 Å². The summed E-state index contributed by atoms with van der Waals surface area (Å²) in [5.41, 5.74) is 1.53. The number of nitrogens with one attached hydrogen (secondary N) is 1. The van der Waals surface area contributed by atoms with Gasteiger partial charge in [0.1, 0.15) is 0 Å². The predicted molar refractivity (Wildman–Crippen MR) is 76.1 cm³/mol. The highest BCUT2D eigenvalue weighted by atomic mass is 16.2. The monoisotopic (exact) mass is 269 g/mol. The average molecular weight is 269 g/mol. The molecule has 1 aromatic carbocycles. The van der Waals surface area contributed by atoms with Crippen molar-refractivity contribution in [2.75, 3.05) is 26.7 Å². The van der Waals surface area contributed by atoms with E-state index in [-0.39, 0.29) is 17.2 Å². The number of likely N-dealkylation sites (N-methyl/N-ethyl adjacent to an activating group) is 1. The minimum absolute atomic E-state index is 0.204. The van der Waals surface area contributed by atoms with Crippen LogP contribution in [0, 0.1) is 16.7 Å². The van der Waals surface area contributed by atoms with Crippen LogP contribution in [0.5, 0.6) is 0 Å². The van der Waals surface area contributed by atoms with Gasteiger partial charge in [0, 0.05) is 19.5 Å². The second-order valence-electron chi connectivity index (χ2n) is 5.88. The van der Waals surface area contributed by atoms with Crippen molar-refractivity contribution in [1.29, 1.82) is 5.26 Å². The van der Waals surface area contributed by atoms with Gasteiger partial charge in [-0.1, -0.05) is 12.1 Å². The molecule has 1 spiro atoms. The first-order valence-corrected chi connectivity index (χ1v) is 7.14. The molecule has 4 heteroatoms. The number of benzene rings is 1. The Morgan fingerprint density at radius 2 is 2.15 bits per heavy atom. The van der Waals surface area contributed by atoms with Crippen molar-refractivity contribution in [3.8, 4) is 6.07 Å². The second kappa shape index (κ2) is 4.92. The van der Waals surface area contributed by atoms with E-state index in [9.17, 15) is 4.79 Å². The zero-order valence-electron chi connectivity index (χ0n) is 11.7. The van der Waals surface area contributed by atoms with E-state index in [1.165, 1.54) is 0 Å². The molecule has 0 bridgehead atoms. The molecule has 2 heterocycles. The van der Waals surface area contributed by atoms with Crippen LogP contribution < -0.4 is 5.32 Å². The fraction of sp³-hybridized carbons (Fsp3) is 0.500. The lowest BCUT2D eigenvalue weighted by Crippen LogP contribution is -2.44. The molecule has 1 N–H and O–H groups in total. The van der Waals surface area contributed by atoms with E-state index in [0.29, 0.717) is 5.56 Å². The average Bonchev–Trinajstić information content (AvgIpc) is 2.74. The highest BCUT2D eigenvalue weighted by Gasteiger charge is 2.53. The van der Waals surface area contributed by atoms with E-state index in [0.717, 1.165) is 38.0 Å². The first kappa shape index (κ1) is 13.1. The van der Waals surface area contributed by atoms with E-state index in [4.69, 9.17) is 5.26 Å². The van der Waals surface area contributed by atoms with Crippen molar-refractivity contribution in [2.24, 2.45) is 5.41 Å². The molecule has 4 nitrogen and oxygen atoms in total. The van der Waals surface area contributed by atoms with Crippen molar-refractivity contribution in [1.82, 2.24) is 10.2 Å². The number of rotatable bonds is 1. The molecule has 1 atom stereocenters. The standard InChI is InChI=1S/C16H19N3O/c1-19-11-14(13-4-2-3-12(9-13)10-17)16(15(19)20)5-7-18-8-6-16/h2-4,9,14,18H,5-8,11H2,1H3. The van der Waals surface area contributed by atoms with Crippen LogP contribution in [-0.4, -0.2) is 37.5 Å². The largest absolute Gasteiger partial charge is 0.345 e. The van der Waals surface area contributed by atoms with E-state index in [1.54, 1.807) is 0 Å². The summed E-state index contributed by atoms with van der Waals surface area (Å²) in [5.74, 6) is 0.474. The number of hydrogen-bond donors (Lipinski definition) is 1. The van der Waals surface area contributed by atoms with Crippen LogP contribution in [0.25, 0.3) is 0 Å². The highest BCUT2D eigenvalue weighted by Crippen LogP contribution is 2.49. The number of nitrogens with zero attached hydrogens (tertiary/aromatic N) is 2. The van der Waals surface area contributed by atoms with Gasteiger partial charge in [-0.05, 0) is 43.6 Å². The van der Waals surface area contributed by atoms with Gasteiger partial charge in [0.05, 0.1) is 17.0 Å². The van der Waals surface area contributed by atoms with E-state index >= 15 is 0 Å². The molecule has 2 aliphatic heterocycles. The van der Waals surface area contributed by atoms with Crippen LogP contribution in [0.3, 0.4) is 0 Å². The fourth-order valence-corrected chi connectivity index (χ4v) is 3.75. The Bertz CT molecular complexity index is 569. The number of carbonyl (C=O) groups excluding carboxylic acids is 1. The molecule has 0 radical (unpaired) electrons. The summed E-state index contributed by atoms with van der Waals surface area (Å²) in [6.45, 7) is 2.55. The first-order chi connectivity index (χ1) is 9.67. The van der Waals surface area contributed by atoms with Crippen LogP contribution in [0.15, 0.2) is 24.3 Å². The smallest absolute Gasteiger partial charge is 0.229 e. The van der Waals surface area contributed by atoms with Gasteiger partial charge in [0.2, 0.25) is 5.91 Å². The van der Waals surface area contributed by atoms with Gasteiger partial charge in [-0.3, -0.25) is 4.79 Å². The lowest BCUT2D eigenvalue weighted by Gasteiger charge is -2.36. The predicted octanol–water partition coefficient (Wildman–Crippen LogP) is 1.48. The zero-order valence-corrected chi connectivity index (χ0v) is 11.7. The van der Waals surface area contributed by atoms with Gasteiger partial charge in [0.15, 0.2) is 0 Å². The van der Waals surface area contributed by atoms with Gasteiger partial charge >= 0.3 is 0 Å². The van der Waals surface area contributed by atoms with Crippen LogP contribution in [-0.2, 0) is 4.79 Å².